The van der Waals surface area contributed by atoms with Crippen LogP contribution in [0.2, 0.25) is 0 Å². The molecule has 10 aromatic rings. The molecule has 10 aromatic carbocycles. The molecule has 0 amide bonds. The van der Waals surface area contributed by atoms with Crippen LogP contribution in [0.15, 0.2) is 158 Å². The van der Waals surface area contributed by atoms with E-state index in [1.807, 2.05) is 0 Å². The molecule has 0 saturated heterocycles. The molecule has 6 aliphatic carbocycles. The molecule has 6 aliphatic rings. The quantitative estimate of drug-likeness (QED) is 0.142. The van der Waals surface area contributed by atoms with Crippen LogP contribution in [0.3, 0.4) is 0 Å². The Balaban J connectivity index is 0.000000133. The third kappa shape index (κ3) is 17.9. The molecule has 0 nitrogen and oxygen atoms in total. The molecule has 0 fully saturated rings. The van der Waals surface area contributed by atoms with Crippen molar-refractivity contribution in [1.29, 1.82) is 0 Å². The second kappa shape index (κ2) is 29.8. The SMILES string of the molecule is CC(C)(C)c1cc2c(c3ccccc13)C(C(C)(C)C)C2.CC(C)(C)c1ccc2c(c1)C(C(C)(C)C)C2.CC(C)(C)c1ccc2c(c1)CC2C(C)(C)C.CC(C)(C)c1ccc2c3c(ccc2c1)CC3C(C)(C)C.CC(C)(C)c1ccc2ccc3c(c2c1)C(C(C)(C)C)C3.CC(C)(C)c1cccc2c3c(ccc12)CC3C(C)(C)C. The van der Waals surface area contributed by atoms with Gasteiger partial charge in [-0.15, -0.1) is 0 Å². The van der Waals surface area contributed by atoms with Gasteiger partial charge in [-0.3, -0.25) is 0 Å². The fourth-order valence-electron chi connectivity index (χ4n) is 19.0. The third-order valence-electron chi connectivity index (χ3n) is 27.0. The van der Waals surface area contributed by atoms with Gasteiger partial charge in [0.2, 0.25) is 0 Å². The topological polar surface area (TPSA) is 0 Å². The van der Waals surface area contributed by atoms with E-state index in [2.05, 4.69) is 407 Å². The van der Waals surface area contributed by atoms with Crippen LogP contribution in [0.1, 0.15) is 385 Å². The molecular formula is C112H152. The first kappa shape index (κ1) is 86.1. The van der Waals surface area contributed by atoms with Crippen molar-refractivity contribution in [1.82, 2.24) is 0 Å². The van der Waals surface area contributed by atoms with Crippen molar-refractivity contribution < 1.29 is 0 Å². The Morgan fingerprint density at radius 1 is 0.188 bits per heavy atom. The molecule has 600 valence electrons. The van der Waals surface area contributed by atoms with Crippen molar-refractivity contribution in [3.63, 3.8) is 0 Å². The lowest BCUT2D eigenvalue weighted by Gasteiger charge is -2.42. The van der Waals surface area contributed by atoms with Crippen molar-refractivity contribution in [3.05, 3.63) is 258 Å². The third-order valence-corrected chi connectivity index (χ3v) is 27.0. The lowest BCUT2D eigenvalue weighted by molar-refractivity contribution is 0.291. The maximum Gasteiger partial charge on any atom is -0.00638 e. The van der Waals surface area contributed by atoms with Gasteiger partial charge in [0.1, 0.15) is 0 Å². The summed E-state index contributed by atoms with van der Waals surface area (Å²) in [7, 11) is 0. The van der Waals surface area contributed by atoms with Crippen LogP contribution >= 0.6 is 0 Å². The first-order chi connectivity index (χ1) is 51.1. The Bertz CT molecular complexity index is 5030. The van der Waals surface area contributed by atoms with Crippen LogP contribution < -0.4 is 0 Å². The van der Waals surface area contributed by atoms with E-state index in [4.69, 9.17) is 0 Å². The minimum atomic E-state index is 0.203. The van der Waals surface area contributed by atoms with Gasteiger partial charge in [-0.05, 0) is 282 Å². The smallest absolute Gasteiger partial charge is 0.00638 e. The Morgan fingerprint density at radius 3 is 0.982 bits per heavy atom. The zero-order chi connectivity index (χ0) is 83.1. The van der Waals surface area contributed by atoms with Gasteiger partial charge in [0.15, 0.2) is 0 Å². The lowest BCUT2D eigenvalue weighted by atomic mass is 9.62. The van der Waals surface area contributed by atoms with Crippen molar-refractivity contribution in [3.8, 4) is 0 Å². The molecule has 0 saturated carbocycles. The highest BCUT2D eigenvalue weighted by Gasteiger charge is 2.43. The summed E-state index contributed by atoms with van der Waals surface area (Å²) in [5.74, 6) is 4.34. The Morgan fingerprint density at radius 2 is 0.509 bits per heavy atom. The lowest BCUT2D eigenvalue weighted by Crippen LogP contribution is -2.30. The second-order valence-electron chi connectivity index (χ2n) is 48.3. The Labute approximate surface area is 684 Å². The van der Waals surface area contributed by atoms with Crippen LogP contribution in [0.5, 0.6) is 0 Å². The summed E-state index contributed by atoms with van der Waals surface area (Å²) in [5.41, 5.74) is 31.5. The van der Waals surface area contributed by atoms with Crippen LogP contribution in [-0.2, 0) is 71.0 Å². The summed E-state index contributed by atoms with van der Waals surface area (Å²) >= 11 is 0. The number of fused-ring (bicyclic) bond motifs is 14. The monoisotopic (exact) mass is 1500 g/mol. The molecule has 0 aliphatic heterocycles. The zero-order valence-electron chi connectivity index (χ0n) is 77.7. The van der Waals surface area contributed by atoms with E-state index in [1.54, 1.807) is 66.8 Å². The summed E-state index contributed by atoms with van der Waals surface area (Å²) in [6.45, 7) is 83.9. The van der Waals surface area contributed by atoms with E-state index in [0.29, 0.717) is 56.2 Å². The number of hydrogen-bond acceptors (Lipinski definition) is 0. The molecule has 6 atom stereocenters. The molecule has 16 rings (SSSR count). The fourth-order valence-corrected chi connectivity index (χ4v) is 19.0. The van der Waals surface area contributed by atoms with E-state index >= 15 is 0 Å². The molecule has 0 bridgehead atoms. The van der Waals surface area contributed by atoms with Gasteiger partial charge in [-0.1, -0.05) is 407 Å². The van der Waals surface area contributed by atoms with E-state index in [-0.39, 0.29) is 32.5 Å². The summed E-state index contributed by atoms with van der Waals surface area (Å²) in [4.78, 5) is 0. The van der Waals surface area contributed by atoms with Gasteiger partial charge in [0.25, 0.3) is 0 Å². The standard InChI is InChI=1S/4C20H26.2C16H24/c1-19(2,3)15-9-10-16-13(11-15)7-8-14-12-17(18(14)16)20(4,5)6;1-19(2,3)15-10-9-13-7-8-14-11-17(20(4,5)6)18(14)16(13)12-15;1-19(2,3)16-9-7-8-15-14(16)11-10-13-12-17(18(13)15)20(4,5)6;1-19(2,3)16-11-13-12-17(20(4,5)6)18(13)15-10-8-7-9-14(15)16;1-15(2,3)12-7-8-13-11(9-12)10-14(13)16(4,5)6;1-15(2,3)12-8-7-11-9-14(13(11)10-12)16(4,5)6/h7-11,17H,12H2,1-6H3;7-10,12,17H,11H2,1-6H3;2*7-11,17H,12H2,1-6H3;7-9,14H,10H2,1-6H3;7-8,10,14H,9H2,1-6H3. The summed E-state index contributed by atoms with van der Waals surface area (Å²) in [6, 6.07) is 60.5. The van der Waals surface area contributed by atoms with Crippen LogP contribution in [0.4, 0.5) is 0 Å². The highest BCUT2D eigenvalue weighted by atomic mass is 14.5. The van der Waals surface area contributed by atoms with E-state index in [1.165, 1.54) is 115 Å². The minimum absolute atomic E-state index is 0.203. The predicted molar refractivity (Wildman–Crippen MR) is 496 cm³/mol. The molecule has 0 spiro atoms. The summed E-state index contributed by atoms with van der Waals surface area (Å²) in [5, 5.41) is 11.6. The second-order valence-corrected chi connectivity index (χ2v) is 48.3. The van der Waals surface area contributed by atoms with Crippen molar-refractivity contribution in [2.75, 3.05) is 0 Å². The van der Waals surface area contributed by atoms with Gasteiger partial charge in [-0.2, -0.15) is 0 Å². The van der Waals surface area contributed by atoms with Gasteiger partial charge in [0.05, 0.1) is 0 Å². The minimum Gasteiger partial charge on any atom is -0.0616 e. The molecular weight excluding hydrogens is 1350 g/mol. The normalized spacial score (nSPS) is 19.2. The van der Waals surface area contributed by atoms with Gasteiger partial charge in [0, 0.05) is 0 Å². The average Bonchev–Trinajstić information content (AvgIpc) is 0.779. The molecule has 0 radical (unpaired) electrons. The zero-order valence-corrected chi connectivity index (χ0v) is 77.7. The number of rotatable bonds is 0. The van der Waals surface area contributed by atoms with E-state index in [0.717, 1.165) is 11.8 Å². The first-order valence-electron chi connectivity index (χ1n) is 43.6. The first-order valence-corrected chi connectivity index (χ1v) is 43.6. The molecule has 6 unspecified atom stereocenters. The van der Waals surface area contributed by atoms with Gasteiger partial charge in [-0.25, -0.2) is 0 Å². The van der Waals surface area contributed by atoms with Gasteiger partial charge >= 0.3 is 0 Å². The van der Waals surface area contributed by atoms with E-state index < -0.39 is 0 Å². The van der Waals surface area contributed by atoms with Gasteiger partial charge < -0.3 is 0 Å². The summed E-state index contributed by atoms with van der Waals surface area (Å²) in [6.07, 6.45) is 7.51. The molecule has 0 heteroatoms. The maximum absolute atomic E-state index is 2.47. The number of hydrogen-bond donors (Lipinski definition) is 0. The Hall–Kier alpha value is -6.76. The van der Waals surface area contributed by atoms with Crippen molar-refractivity contribution in [2.24, 2.45) is 32.5 Å². The summed E-state index contributed by atoms with van der Waals surface area (Å²) < 4.78 is 0. The number of benzene rings is 10. The largest absolute Gasteiger partial charge is 0.0616 e. The van der Waals surface area contributed by atoms with Crippen molar-refractivity contribution >= 4 is 43.1 Å². The molecule has 0 heterocycles. The fraction of sp³-hybridized carbons (Fsp3) is 0.536. The Kier molecular flexibility index (Phi) is 22.9. The highest BCUT2D eigenvalue weighted by molar-refractivity contribution is 5.94. The van der Waals surface area contributed by atoms with Crippen LogP contribution in [-0.4, -0.2) is 0 Å². The molecule has 112 heavy (non-hydrogen) atoms. The molecule has 0 N–H and O–H groups in total. The predicted octanol–water partition coefficient (Wildman–Crippen LogP) is 32.6. The average molecular weight is 1500 g/mol. The van der Waals surface area contributed by atoms with E-state index in [9.17, 15) is 0 Å². The van der Waals surface area contributed by atoms with Crippen molar-refractivity contribution in [2.45, 2.75) is 356 Å². The van der Waals surface area contributed by atoms with Crippen LogP contribution in [0, 0.1) is 32.5 Å². The highest BCUT2D eigenvalue weighted by Crippen LogP contribution is 2.56. The van der Waals surface area contributed by atoms with Crippen LogP contribution in [0.25, 0.3) is 43.1 Å². The molecule has 0 aromatic heterocycles. The maximum atomic E-state index is 2.47.